The van der Waals surface area contributed by atoms with E-state index in [0.29, 0.717) is 6.04 Å². The third-order valence-corrected chi connectivity index (χ3v) is 5.19. The standard InChI is InChI=1S/C19H30N2O/c1-15-6-5-11-21(14-15)18-10-9-16(12-19(18)22-2)13-20-17-7-3-4-8-17/h9-10,12,15,17,20H,3-8,11,13-14H2,1-2H3. The Morgan fingerprint density at radius 2 is 2.00 bits per heavy atom. The summed E-state index contributed by atoms with van der Waals surface area (Å²) in [6.07, 6.45) is 8.07. The number of anilines is 1. The van der Waals surface area contributed by atoms with E-state index < -0.39 is 0 Å². The topological polar surface area (TPSA) is 24.5 Å². The zero-order chi connectivity index (χ0) is 15.4. The maximum absolute atomic E-state index is 5.68. The van der Waals surface area contributed by atoms with Gasteiger partial charge in [-0.25, -0.2) is 0 Å². The van der Waals surface area contributed by atoms with Crippen molar-refractivity contribution in [3.8, 4) is 5.75 Å². The molecule has 122 valence electrons. The summed E-state index contributed by atoms with van der Waals surface area (Å²) in [6.45, 7) is 5.60. The Balaban J connectivity index is 1.66. The number of ether oxygens (including phenoxy) is 1. The number of nitrogens with zero attached hydrogens (tertiary/aromatic N) is 1. The van der Waals surface area contributed by atoms with Crippen molar-refractivity contribution < 1.29 is 4.74 Å². The largest absolute Gasteiger partial charge is 0.495 e. The minimum Gasteiger partial charge on any atom is -0.495 e. The van der Waals surface area contributed by atoms with Crippen LogP contribution in [0.4, 0.5) is 5.69 Å². The molecule has 1 aromatic carbocycles. The summed E-state index contributed by atoms with van der Waals surface area (Å²) >= 11 is 0. The first-order valence-corrected chi connectivity index (χ1v) is 8.91. The van der Waals surface area contributed by atoms with Gasteiger partial charge in [-0.15, -0.1) is 0 Å². The lowest BCUT2D eigenvalue weighted by Crippen LogP contribution is -2.34. The van der Waals surface area contributed by atoms with Gasteiger partial charge < -0.3 is 15.0 Å². The molecule has 2 aliphatic rings. The van der Waals surface area contributed by atoms with E-state index >= 15 is 0 Å². The average molecular weight is 302 g/mol. The van der Waals surface area contributed by atoms with Gasteiger partial charge in [0.25, 0.3) is 0 Å². The Kier molecular flexibility index (Phi) is 5.24. The maximum Gasteiger partial charge on any atom is 0.142 e. The number of benzene rings is 1. The summed E-state index contributed by atoms with van der Waals surface area (Å²) in [4.78, 5) is 2.49. The second kappa shape index (κ2) is 7.36. The first-order valence-electron chi connectivity index (χ1n) is 8.91. The molecule has 0 spiro atoms. The van der Waals surface area contributed by atoms with E-state index in [-0.39, 0.29) is 0 Å². The molecule has 3 rings (SSSR count). The highest BCUT2D eigenvalue weighted by Crippen LogP contribution is 2.32. The summed E-state index contributed by atoms with van der Waals surface area (Å²) in [6, 6.07) is 7.45. The molecule has 0 radical (unpaired) electrons. The van der Waals surface area contributed by atoms with Gasteiger partial charge in [0, 0.05) is 25.7 Å². The average Bonchev–Trinajstić information content (AvgIpc) is 3.06. The van der Waals surface area contributed by atoms with Crippen LogP contribution in [-0.4, -0.2) is 26.2 Å². The fraction of sp³-hybridized carbons (Fsp3) is 0.684. The van der Waals surface area contributed by atoms with E-state index in [0.717, 1.165) is 31.3 Å². The summed E-state index contributed by atoms with van der Waals surface area (Å²) in [7, 11) is 1.79. The highest BCUT2D eigenvalue weighted by Gasteiger charge is 2.20. The predicted octanol–water partition coefficient (Wildman–Crippen LogP) is 3.96. The smallest absolute Gasteiger partial charge is 0.142 e. The van der Waals surface area contributed by atoms with E-state index in [1.807, 2.05) is 0 Å². The van der Waals surface area contributed by atoms with Gasteiger partial charge in [-0.1, -0.05) is 25.8 Å². The van der Waals surface area contributed by atoms with Gasteiger partial charge in [-0.2, -0.15) is 0 Å². The van der Waals surface area contributed by atoms with Crippen molar-refractivity contribution in [1.29, 1.82) is 0 Å². The van der Waals surface area contributed by atoms with Crippen LogP contribution in [0.5, 0.6) is 5.75 Å². The van der Waals surface area contributed by atoms with Crippen molar-refractivity contribution >= 4 is 5.69 Å². The molecule has 3 heteroatoms. The molecule has 3 nitrogen and oxygen atoms in total. The van der Waals surface area contributed by atoms with E-state index in [9.17, 15) is 0 Å². The van der Waals surface area contributed by atoms with E-state index in [1.54, 1.807) is 7.11 Å². The van der Waals surface area contributed by atoms with Crippen molar-refractivity contribution in [2.75, 3.05) is 25.1 Å². The van der Waals surface area contributed by atoms with Crippen LogP contribution >= 0.6 is 0 Å². The molecule has 0 aromatic heterocycles. The van der Waals surface area contributed by atoms with Crippen LogP contribution in [-0.2, 0) is 6.54 Å². The second-order valence-electron chi connectivity index (χ2n) is 7.06. The third kappa shape index (κ3) is 3.75. The Morgan fingerprint density at radius 1 is 1.18 bits per heavy atom. The maximum atomic E-state index is 5.68. The number of rotatable bonds is 5. The summed E-state index contributed by atoms with van der Waals surface area (Å²) in [5.74, 6) is 1.81. The molecule has 1 saturated carbocycles. The Bertz CT molecular complexity index is 482. The van der Waals surface area contributed by atoms with Crippen LogP contribution in [0.15, 0.2) is 18.2 Å². The molecule has 1 aliphatic carbocycles. The number of hydrogen-bond acceptors (Lipinski definition) is 3. The van der Waals surface area contributed by atoms with Crippen LogP contribution in [0.25, 0.3) is 0 Å². The molecule has 1 aliphatic heterocycles. The lowest BCUT2D eigenvalue weighted by molar-refractivity contribution is 0.404. The quantitative estimate of drug-likeness (QED) is 0.891. The summed E-state index contributed by atoms with van der Waals surface area (Å²) in [5.41, 5.74) is 2.59. The number of methoxy groups -OCH3 is 1. The van der Waals surface area contributed by atoms with E-state index in [4.69, 9.17) is 4.74 Å². The van der Waals surface area contributed by atoms with Crippen LogP contribution < -0.4 is 15.0 Å². The lowest BCUT2D eigenvalue weighted by atomic mass is 9.99. The van der Waals surface area contributed by atoms with Crippen LogP contribution in [0.2, 0.25) is 0 Å². The van der Waals surface area contributed by atoms with Gasteiger partial charge in [0.15, 0.2) is 0 Å². The monoisotopic (exact) mass is 302 g/mol. The Labute approximate surface area is 135 Å². The van der Waals surface area contributed by atoms with Crippen molar-refractivity contribution in [2.24, 2.45) is 5.92 Å². The number of nitrogens with one attached hydrogen (secondary N) is 1. The van der Waals surface area contributed by atoms with Crippen LogP contribution in [0, 0.1) is 5.92 Å². The normalized spacial score (nSPS) is 23.0. The van der Waals surface area contributed by atoms with Crippen molar-refractivity contribution in [1.82, 2.24) is 5.32 Å². The Morgan fingerprint density at radius 3 is 2.73 bits per heavy atom. The predicted molar refractivity (Wildman–Crippen MR) is 92.7 cm³/mol. The van der Waals surface area contributed by atoms with Gasteiger partial charge in [0.05, 0.1) is 12.8 Å². The van der Waals surface area contributed by atoms with Crippen molar-refractivity contribution in [3.63, 3.8) is 0 Å². The molecular weight excluding hydrogens is 272 g/mol. The number of piperidine rings is 1. The SMILES string of the molecule is COc1cc(CNC2CCCC2)ccc1N1CCCC(C)C1. The molecule has 2 fully saturated rings. The van der Waals surface area contributed by atoms with Gasteiger partial charge in [-0.05, 0) is 49.3 Å². The molecule has 0 bridgehead atoms. The summed E-state index contributed by atoms with van der Waals surface area (Å²) in [5, 5.41) is 3.69. The molecule has 1 atom stereocenters. The molecule has 1 heterocycles. The third-order valence-electron chi connectivity index (χ3n) is 5.19. The zero-order valence-corrected chi connectivity index (χ0v) is 14.1. The highest BCUT2D eigenvalue weighted by atomic mass is 16.5. The van der Waals surface area contributed by atoms with Gasteiger partial charge in [-0.3, -0.25) is 0 Å². The first-order chi connectivity index (χ1) is 10.8. The molecule has 1 aromatic rings. The van der Waals surface area contributed by atoms with Crippen molar-refractivity contribution in [3.05, 3.63) is 23.8 Å². The first kappa shape index (κ1) is 15.7. The Hall–Kier alpha value is -1.22. The minimum atomic E-state index is 0.716. The fourth-order valence-electron chi connectivity index (χ4n) is 3.89. The fourth-order valence-corrected chi connectivity index (χ4v) is 3.89. The van der Waals surface area contributed by atoms with Crippen LogP contribution in [0.1, 0.15) is 51.0 Å². The van der Waals surface area contributed by atoms with Crippen LogP contribution in [0.3, 0.4) is 0 Å². The van der Waals surface area contributed by atoms with Gasteiger partial charge in [0.2, 0.25) is 0 Å². The lowest BCUT2D eigenvalue weighted by Gasteiger charge is -2.33. The van der Waals surface area contributed by atoms with Crippen molar-refractivity contribution in [2.45, 2.75) is 58.0 Å². The molecule has 0 amide bonds. The minimum absolute atomic E-state index is 0.716. The molecule has 1 unspecified atom stereocenters. The molecular formula is C19H30N2O. The highest BCUT2D eigenvalue weighted by molar-refractivity contribution is 5.60. The second-order valence-corrected chi connectivity index (χ2v) is 7.06. The zero-order valence-electron chi connectivity index (χ0n) is 14.1. The van der Waals surface area contributed by atoms with E-state index in [2.05, 4.69) is 35.3 Å². The number of hydrogen-bond donors (Lipinski definition) is 1. The van der Waals surface area contributed by atoms with E-state index in [1.165, 1.54) is 49.8 Å². The molecule has 1 N–H and O–H groups in total. The molecule has 22 heavy (non-hydrogen) atoms. The summed E-state index contributed by atoms with van der Waals surface area (Å²) < 4.78 is 5.68. The molecule has 1 saturated heterocycles. The van der Waals surface area contributed by atoms with Gasteiger partial charge in [0.1, 0.15) is 5.75 Å². The van der Waals surface area contributed by atoms with Gasteiger partial charge >= 0.3 is 0 Å².